The zero-order valence-corrected chi connectivity index (χ0v) is 8.28. The molecule has 0 fully saturated rings. The van der Waals surface area contributed by atoms with Gasteiger partial charge in [0.1, 0.15) is 5.56 Å². The number of hydrogen-bond acceptors (Lipinski definition) is 4. The van der Waals surface area contributed by atoms with E-state index in [1.807, 2.05) is 5.92 Å². The number of carbonyl (C=O) groups excluding carboxylic acids is 2. The summed E-state index contributed by atoms with van der Waals surface area (Å²) in [5.41, 5.74) is 4.64. The minimum Gasteiger partial charge on any atom is -0.465 e. The number of rotatable bonds is 1. The standard InChI is InChI=1S/C10H7FN2O3/c1-16-10(15)7-4-6(2-3-8(12)14)5-13-9(7)11/h4-5H,1H3,(H2,12,14). The third kappa shape index (κ3) is 2.78. The van der Waals surface area contributed by atoms with Crippen LogP contribution in [0, 0.1) is 17.8 Å². The molecule has 1 amide bonds. The molecule has 0 unspecified atom stereocenters. The van der Waals surface area contributed by atoms with Gasteiger partial charge in [-0.15, -0.1) is 0 Å². The lowest BCUT2D eigenvalue weighted by Crippen LogP contribution is -2.07. The van der Waals surface area contributed by atoms with Crippen LogP contribution in [-0.2, 0) is 9.53 Å². The summed E-state index contributed by atoms with van der Waals surface area (Å²) in [6, 6.07) is 1.13. The maximum Gasteiger partial charge on any atom is 0.342 e. The van der Waals surface area contributed by atoms with Crippen LogP contribution in [-0.4, -0.2) is 24.0 Å². The van der Waals surface area contributed by atoms with Crippen LogP contribution >= 0.6 is 0 Å². The van der Waals surface area contributed by atoms with Crippen molar-refractivity contribution in [2.75, 3.05) is 7.11 Å². The molecule has 0 atom stereocenters. The summed E-state index contributed by atoms with van der Waals surface area (Å²) in [5.74, 6) is 1.71. The average molecular weight is 222 g/mol. The summed E-state index contributed by atoms with van der Waals surface area (Å²) in [5, 5.41) is 0. The number of aromatic nitrogens is 1. The quantitative estimate of drug-likeness (QED) is 0.406. The molecule has 0 aliphatic rings. The van der Waals surface area contributed by atoms with E-state index in [0.29, 0.717) is 0 Å². The van der Waals surface area contributed by atoms with E-state index in [1.165, 1.54) is 0 Å². The van der Waals surface area contributed by atoms with Crippen LogP contribution in [0.25, 0.3) is 0 Å². The number of primary amides is 1. The van der Waals surface area contributed by atoms with E-state index >= 15 is 0 Å². The molecule has 0 aliphatic carbocycles. The van der Waals surface area contributed by atoms with Crippen LogP contribution in [0.4, 0.5) is 4.39 Å². The minimum atomic E-state index is -0.962. The Morgan fingerprint density at radius 1 is 1.56 bits per heavy atom. The van der Waals surface area contributed by atoms with Gasteiger partial charge in [-0.25, -0.2) is 9.78 Å². The number of ether oxygens (including phenoxy) is 1. The first-order valence-electron chi connectivity index (χ1n) is 4.10. The normalized spacial score (nSPS) is 8.88. The molecule has 82 valence electrons. The molecule has 1 rings (SSSR count). The topological polar surface area (TPSA) is 82.3 Å². The molecule has 0 radical (unpaired) electrons. The Morgan fingerprint density at radius 2 is 2.25 bits per heavy atom. The Hall–Kier alpha value is -2.42. The largest absolute Gasteiger partial charge is 0.465 e. The molecule has 1 heterocycles. The molecule has 16 heavy (non-hydrogen) atoms. The van der Waals surface area contributed by atoms with Crippen LogP contribution in [0.3, 0.4) is 0 Å². The lowest BCUT2D eigenvalue weighted by atomic mass is 10.2. The van der Waals surface area contributed by atoms with Gasteiger partial charge in [-0.1, -0.05) is 5.92 Å². The predicted molar refractivity (Wildman–Crippen MR) is 51.6 cm³/mol. The first-order chi connectivity index (χ1) is 7.54. The number of halogens is 1. The zero-order chi connectivity index (χ0) is 12.1. The molecule has 0 saturated heterocycles. The van der Waals surface area contributed by atoms with Gasteiger partial charge in [0.05, 0.1) is 7.11 Å². The third-order valence-electron chi connectivity index (χ3n) is 1.57. The Bertz CT molecular complexity index is 503. The summed E-state index contributed by atoms with van der Waals surface area (Å²) in [6.45, 7) is 0. The van der Waals surface area contributed by atoms with Crippen molar-refractivity contribution in [3.05, 3.63) is 29.3 Å². The fourth-order valence-corrected chi connectivity index (χ4v) is 0.903. The summed E-state index contributed by atoms with van der Waals surface area (Å²) in [6.07, 6.45) is 1.08. The van der Waals surface area contributed by atoms with Crippen molar-refractivity contribution < 1.29 is 18.7 Å². The molecule has 1 aromatic rings. The number of hydrogen-bond donors (Lipinski definition) is 1. The fourth-order valence-electron chi connectivity index (χ4n) is 0.903. The van der Waals surface area contributed by atoms with E-state index in [0.717, 1.165) is 19.4 Å². The van der Waals surface area contributed by atoms with E-state index in [4.69, 9.17) is 5.73 Å². The Balaban J connectivity index is 3.14. The highest BCUT2D eigenvalue weighted by Crippen LogP contribution is 2.08. The van der Waals surface area contributed by atoms with Gasteiger partial charge < -0.3 is 10.5 Å². The monoisotopic (exact) mass is 222 g/mol. The van der Waals surface area contributed by atoms with Crippen molar-refractivity contribution in [1.82, 2.24) is 4.98 Å². The van der Waals surface area contributed by atoms with Gasteiger partial charge in [-0.3, -0.25) is 4.79 Å². The molecule has 2 N–H and O–H groups in total. The van der Waals surface area contributed by atoms with Gasteiger partial charge in [0.25, 0.3) is 5.91 Å². The van der Waals surface area contributed by atoms with Crippen molar-refractivity contribution in [3.63, 3.8) is 0 Å². The van der Waals surface area contributed by atoms with Crippen LogP contribution in [0.2, 0.25) is 0 Å². The van der Waals surface area contributed by atoms with E-state index < -0.39 is 17.8 Å². The Kier molecular flexibility index (Phi) is 3.56. The Morgan fingerprint density at radius 3 is 2.81 bits per heavy atom. The molecular weight excluding hydrogens is 215 g/mol. The second-order valence-electron chi connectivity index (χ2n) is 2.67. The minimum absolute atomic E-state index is 0.195. The molecule has 6 heteroatoms. The highest BCUT2D eigenvalue weighted by Gasteiger charge is 2.13. The van der Waals surface area contributed by atoms with Crippen molar-refractivity contribution in [2.45, 2.75) is 0 Å². The summed E-state index contributed by atoms with van der Waals surface area (Å²) in [4.78, 5) is 24.8. The van der Waals surface area contributed by atoms with Gasteiger partial charge in [0.15, 0.2) is 0 Å². The molecule has 0 bridgehead atoms. The highest BCUT2D eigenvalue weighted by molar-refractivity contribution is 5.93. The van der Waals surface area contributed by atoms with Gasteiger partial charge >= 0.3 is 5.97 Å². The second kappa shape index (κ2) is 4.89. The summed E-state index contributed by atoms with van der Waals surface area (Å²) in [7, 11) is 1.11. The molecule has 0 aliphatic heterocycles. The van der Waals surface area contributed by atoms with Crippen molar-refractivity contribution in [1.29, 1.82) is 0 Å². The lowest BCUT2D eigenvalue weighted by molar-refractivity contribution is -0.112. The van der Waals surface area contributed by atoms with E-state index in [-0.39, 0.29) is 11.1 Å². The molecule has 1 aromatic heterocycles. The van der Waals surface area contributed by atoms with E-state index in [9.17, 15) is 14.0 Å². The average Bonchev–Trinajstić information content (AvgIpc) is 2.27. The zero-order valence-electron chi connectivity index (χ0n) is 8.28. The van der Waals surface area contributed by atoms with Crippen LogP contribution < -0.4 is 5.73 Å². The Labute approximate surface area is 90.4 Å². The fraction of sp³-hybridized carbons (Fsp3) is 0.100. The number of methoxy groups -OCH3 is 1. The van der Waals surface area contributed by atoms with E-state index in [2.05, 4.69) is 15.6 Å². The second-order valence-corrected chi connectivity index (χ2v) is 2.67. The smallest absolute Gasteiger partial charge is 0.342 e. The summed E-state index contributed by atoms with van der Waals surface area (Å²) >= 11 is 0. The van der Waals surface area contributed by atoms with Crippen LogP contribution in [0.5, 0.6) is 0 Å². The van der Waals surface area contributed by atoms with Crippen molar-refractivity contribution >= 4 is 11.9 Å². The predicted octanol–water partition coefficient (Wildman–Crippen LogP) is -0.156. The van der Waals surface area contributed by atoms with Gasteiger partial charge in [0, 0.05) is 17.7 Å². The number of nitrogens with zero attached hydrogens (tertiary/aromatic N) is 1. The van der Waals surface area contributed by atoms with Crippen LogP contribution in [0.15, 0.2) is 12.3 Å². The summed E-state index contributed by atoms with van der Waals surface area (Å²) < 4.78 is 17.4. The van der Waals surface area contributed by atoms with Gasteiger partial charge in [-0.05, 0) is 6.07 Å². The molecule has 5 nitrogen and oxygen atoms in total. The first kappa shape index (κ1) is 11.7. The number of esters is 1. The molecular formula is C10H7FN2O3. The lowest BCUT2D eigenvalue weighted by Gasteiger charge is -2.00. The van der Waals surface area contributed by atoms with E-state index in [1.54, 1.807) is 0 Å². The third-order valence-corrected chi connectivity index (χ3v) is 1.57. The van der Waals surface area contributed by atoms with Gasteiger partial charge in [0.2, 0.25) is 5.95 Å². The highest BCUT2D eigenvalue weighted by atomic mass is 19.1. The van der Waals surface area contributed by atoms with Crippen molar-refractivity contribution in [3.8, 4) is 11.8 Å². The number of carbonyl (C=O) groups is 2. The molecule has 0 spiro atoms. The SMILES string of the molecule is COC(=O)c1cc(C#CC(N)=O)cnc1F. The molecule has 0 saturated carbocycles. The number of amides is 1. The van der Waals surface area contributed by atoms with Crippen molar-refractivity contribution in [2.24, 2.45) is 5.73 Å². The maximum absolute atomic E-state index is 13.1. The number of pyridine rings is 1. The maximum atomic E-state index is 13.1. The van der Waals surface area contributed by atoms with Crippen LogP contribution in [0.1, 0.15) is 15.9 Å². The number of nitrogens with two attached hydrogens (primary N) is 1. The molecule has 0 aromatic carbocycles. The first-order valence-corrected chi connectivity index (χ1v) is 4.10. The van der Waals surface area contributed by atoms with Gasteiger partial charge in [-0.2, -0.15) is 4.39 Å².